The number of benzene rings is 1. The van der Waals surface area contributed by atoms with Crippen LogP contribution in [0.5, 0.6) is 5.75 Å². The summed E-state index contributed by atoms with van der Waals surface area (Å²) in [6.45, 7) is 1.44. The van der Waals surface area contributed by atoms with Crippen molar-refractivity contribution in [1.82, 2.24) is 34.5 Å². The number of aromatic nitrogens is 7. The molecule has 0 aliphatic heterocycles. The van der Waals surface area contributed by atoms with Crippen LogP contribution in [0.2, 0.25) is 0 Å². The summed E-state index contributed by atoms with van der Waals surface area (Å²) in [4.78, 5) is 12.5. The van der Waals surface area contributed by atoms with Gasteiger partial charge in [-0.15, -0.1) is 5.10 Å². The molecule has 2 N–H and O–H groups in total. The second-order valence-corrected chi connectivity index (χ2v) is 6.60. The normalized spacial score (nSPS) is 11.2. The summed E-state index contributed by atoms with van der Waals surface area (Å²) in [5.41, 5.74) is 7.94. The van der Waals surface area contributed by atoms with E-state index in [4.69, 9.17) is 14.9 Å². The number of hydrogen-bond acceptors (Lipinski definition) is 8. The Morgan fingerprint density at radius 1 is 1.13 bits per heavy atom. The minimum Gasteiger partial charge on any atom is -0.493 e. The van der Waals surface area contributed by atoms with Crippen LogP contribution in [0.4, 0.5) is 5.95 Å². The molecule has 0 saturated heterocycles. The largest absolute Gasteiger partial charge is 0.493 e. The molecule has 0 spiro atoms. The first-order chi connectivity index (χ1) is 14.8. The average molecular weight is 402 g/mol. The number of aryl methyl sites for hydroxylation is 1. The smallest absolute Gasteiger partial charge is 0.222 e. The zero-order valence-corrected chi connectivity index (χ0v) is 15.9. The van der Waals surface area contributed by atoms with Gasteiger partial charge < -0.3 is 19.5 Å². The van der Waals surface area contributed by atoms with Gasteiger partial charge >= 0.3 is 0 Å². The first kappa shape index (κ1) is 17.9. The van der Waals surface area contributed by atoms with E-state index in [1.54, 1.807) is 41.7 Å². The number of imidazole rings is 1. The van der Waals surface area contributed by atoms with Gasteiger partial charge in [-0.25, -0.2) is 9.97 Å². The highest BCUT2D eigenvalue weighted by Gasteiger charge is 2.13. The maximum atomic E-state index is 5.89. The van der Waals surface area contributed by atoms with Crippen LogP contribution in [0.25, 0.3) is 28.3 Å². The summed E-state index contributed by atoms with van der Waals surface area (Å²) in [5, 5.41) is 8.47. The Labute approximate surface area is 171 Å². The first-order valence-corrected chi connectivity index (χ1v) is 9.39. The Balaban J connectivity index is 1.35. The van der Waals surface area contributed by atoms with Crippen LogP contribution in [-0.2, 0) is 6.54 Å². The van der Waals surface area contributed by atoms with Crippen LogP contribution in [0.15, 0.2) is 65.8 Å². The number of nitrogen functional groups attached to an aromatic ring is 1. The number of fused-ring (bicyclic) bond motifs is 1. The molecule has 5 aromatic rings. The van der Waals surface area contributed by atoms with E-state index in [1.807, 2.05) is 29.0 Å². The number of nitrogens with zero attached hydrogens (tertiary/aromatic N) is 7. The molecule has 1 aromatic carbocycles. The highest BCUT2D eigenvalue weighted by atomic mass is 16.5. The van der Waals surface area contributed by atoms with Crippen molar-refractivity contribution in [3.05, 3.63) is 61.4 Å². The van der Waals surface area contributed by atoms with Gasteiger partial charge in [0.25, 0.3) is 0 Å². The average Bonchev–Trinajstić information content (AvgIpc) is 3.52. The SMILES string of the molecule is Nc1nc(-c2ccco2)cc(-n2nnc3cc(OCCCn4ccnc4)ccc32)n1. The minimum absolute atomic E-state index is 0.125. The first-order valence-electron chi connectivity index (χ1n) is 9.39. The van der Waals surface area contributed by atoms with Gasteiger partial charge in [0.15, 0.2) is 11.6 Å². The van der Waals surface area contributed by atoms with Crippen molar-refractivity contribution in [2.75, 3.05) is 12.3 Å². The molecule has 0 aliphatic carbocycles. The Kier molecular flexibility index (Phi) is 4.56. The fraction of sp³-hybridized carbons (Fsp3) is 0.150. The fourth-order valence-corrected chi connectivity index (χ4v) is 3.13. The monoisotopic (exact) mass is 402 g/mol. The van der Waals surface area contributed by atoms with Gasteiger partial charge in [-0.05, 0) is 30.7 Å². The van der Waals surface area contributed by atoms with Crippen molar-refractivity contribution < 1.29 is 9.15 Å². The number of ether oxygens (including phenoxy) is 1. The van der Waals surface area contributed by atoms with Crippen molar-refractivity contribution in [2.24, 2.45) is 0 Å². The Morgan fingerprint density at radius 2 is 2.10 bits per heavy atom. The summed E-state index contributed by atoms with van der Waals surface area (Å²) in [6.07, 6.45) is 7.94. The third-order valence-electron chi connectivity index (χ3n) is 4.53. The lowest BCUT2D eigenvalue weighted by atomic mass is 10.3. The van der Waals surface area contributed by atoms with Gasteiger partial charge in [0.2, 0.25) is 5.95 Å². The molecule has 5 rings (SSSR count). The summed E-state index contributed by atoms with van der Waals surface area (Å²) in [6, 6.07) is 11.0. The maximum Gasteiger partial charge on any atom is 0.222 e. The zero-order valence-electron chi connectivity index (χ0n) is 15.9. The summed E-state index contributed by atoms with van der Waals surface area (Å²) in [7, 11) is 0. The van der Waals surface area contributed by atoms with Gasteiger partial charge in [-0.1, -0.05) is 5.21 Å². The zero-order chi connectivity index (χ0) is 20.3. The lowest BCUT2D eigenvalue weighted by molar-refractivity contribution is 0.302. The Hall–Kier alpha value is -4.21. The molecule has 30 heavy (non-hydrogen) atoms. The van der Waals surface area contributed by atoms with E-state index >= 15 is 0 Å². The predicted octanol–water partition coefficient (Wildman–Crippen LogP) is 2.72. The topological polar surface area (TPSA) is 123 Å². The molecule has 4 aromatic heterocycles. The molecule has 0 bridgehead atoms. The maximum absolute atomic E-state index is 5.89. The highest BCUT2D eigenvalue weighted by Crippen LogP contribution is 2.24. The summed E-state index contributed by atoms with van der Waals surface area (Å²) >= 11 is 0. The van der Waals surface area contributed by atoms with Crippen molar-refractivity contribution in [3.63, 3.8) is 0 Å². The van der Waals surface area contributed by atoms with Gasteiger partial charge in [0.1, 0.15) is 17.0 Å². The lowest BCUT2D eigenvalue weighted by Crippen LogP contribution is -2.05. The molecular formula is C20H18N8O2. The number of nitrogens with two attached hydrogens (primary N) is 1. The molecule has 0 radical (unpaired) electrons. The molecule has 150 valence electrons. The van der Waals surface area contributed by atoms with E-state index in [9.17, 15) is 0 Å². The number of hydrogen-bond donors (Lipinski definition) is 1. The molecule has 0 unspecified atom stereocenters. The van der Waals surface area contributed by atoms with Crippen molar-refractivity contribution >= 4 is 17.0 Å². The molecular weight excluding hydrogens is 384 g/mol. The van der Waals surface area contributed by atoms with Crippen molar-refractivity contribution in [2.45, 2.75) is 13.0 Å². The van der Waals surface area contributed by atoms with E-state index < -0.39 is 0 Å². The Morgan fingerprint density at radius 3 is 2.93 bits per heavy atom. The van der Waals surface area contributed by atoms with Gasteiger partial charge in [-0.3, -0.25) is 0 Å². The third kappa shape index (κ3) is 3.58. The molecule has 0 atom stereocenters. The lowest BCUT2D eigenvalue weighted by Gasteiger charge is -2.07. The Bertz CT molecular complexity index is 1260. The van der Waals surface area contributed by atoms with Gasteiger partial charge in [-0.2, -0.15) is 9.67 Å². The van der Waals surface area contributed by atoms with E-state index in [1.165, 1.54) is 0 Å². The van der Waals surface area contributed by atoms with Crippen LogP contribution >= 0.6 is 0 Å². The van der Waals surface area contributed by atoms with Gasteiger partial charge in [0.05, 0.1) is 24.7 Å². The van der Waals surface area contributed by atoms with Crippen molar-refractivity contribution in [1.29, 1.82) is 0 Å². The molecule has 0 aliphatic rings. The number of rotatable bonds is 7. The van der Waals surface area contributed by atoms with Crippen LogP contribution in [-0.4, -0.2) is 41.1 Å². The summed E-state index contributed by atoms with van der Waals surface area (Å²) in [5.74, 6) is 1.96. The molecule has 0 amide bonds. The van der Waals surface area contributed by atoms with E-state index in [0.717, 1.165) is 24.2 Å². The second kappa shape index (κ2) is 7.66. The molecule has 0 saturated carbocycles. The number of anilines is 1. The molecule has 10 nitrogen and oxygen atoms in total. The van der Waals surface area contributed by atoms with E-state index in [0.29, 0.717) is 29.4 Å². The highest BCUT2D eigenvalue weighted by molar-refractivity contribution is 5.77. The quantitative estimate of drug-likeness (QED) is 0.412. The van der Waals surface area contributed by atoms with Crippen molar-refractivity contribution in [3.8, 4) is 23.0 Å². The van der Waals surface area contributed by atoms with Crippen LogP contribution in [0.1, 0.15) is 6.42 Å². The van der Waals surface area contributed by atoms with E-state index in [2.05, 4.69) is 25.3 Å². The molecule has 4 heterocycles. The fourth-order valence-electron chi connectivity index (χ4n) is 3.13. The summed E-state index contributed by atoms with van der Waals surface area (Å²) < 4.78 is 14.9. The second-order valence-electron chi connectivity index (χ2n) is 6.60. The van der Waals surface area contributed by atoms with Crippen LogP contribution < -0.4 is 10.5 Å². The molecule has 10 heteroatoms. The van der Waals surface area contributed by atoms with E-state index in [-0.39, 0.29) is 5.95 Å². The minimum atomic E-state index is 0.125. The van der Waals surface area contributed by atoms with Gasteiger partial charge in [0, 0.05) is 31.1 Å². The number of furan rings is 1. The predicted molar refractivity (Wildman–Crippen MR) is 109 cm³/mol. The van der Waals surface area contributed by atoms with Crippen LogP contribution in [0.3, 0.4) is 0 Å². The third-order valence-corrected chi connectivity index (χ3v) is 4.53. The molecule has 0 fully saturated rings. The standard InChI is InChI=1S/C20H18N8O2/c21-20-23-16(18-3-1-9-30-18)12-19(24-20)28-17-5-4-14(11-15(17)25-26-28)29-10-2-7-27-8-6-22-13-27/h1,3-6,8-9,11-13H,2,7,10H2,(H2,21,23,24). The van der Waals surface area contributed by atoms with Crippen LogP contribution in [0, 0.1) is 0 Å².